The lowest BCUT2D eigenvalue weighted by Gasteiger charge is -2.29. The van der Waals surface area contributed by atoms with Crippen molar-refractivity contribution in [2.45, 2.75) is 75.7 Å². The van der Waals surface area contributed by atoms with Crippen molar-refractivity contribution in [2.75, 3.05) is 19.8 Å². The quantitative estimate of drug-likeness (QED) is 0.647. The van der Waals surface area contributed by atoms with Crippen molar-refractivity contribution >= 4 is 15.9 Å². The number of hydrogen-bond acceptors (Lipinski definition) is 7. The van der Waals surface area contributed by atoms with Crippen LogP contribution in [0, 0.1) is 0 Å². The van der Waals surface area contributed by atoms with Gasteiger partial charge in [0.05, 0.1) is 11.1 Å². The highest BCUT2D eigenvalue weighted by Gasteiger charge is 2.49. The lowest BCUT2D eigenvalue weighted by Crippen LogP contribution is -2.41. The van der Waals surface area contributed by atoms with Gasteiger partial charge in [-0.1, -0.05) is 0 Å². The van der Waals surface area contributed by atoms with Crippen LogP contribution in [0.1, 0.15) is 44.8 Å². The number of nitrogens with one attached hydrogen (secondary N) is 1. The Labute approximate surface area is 180 Å². The van der Waals surface area contributed by atoms with E-state index >= 15 is 4.39 Å². The number of nitrogens with zero attached hydrogens (tertiary/aromatic N) is 1. The summed E-state index contributed by atoms with van der Waals surface area (Å²) in [6.45, 7) is 1.24. The Morgan fingerprint density at radius 1 is 1.13 bits per heavy atom. The average Bonchev–Trinajstić information content (AvgIpc) is 3.06. The summed E-state index contributed by atoms with van der Waals surface area (Å²) in [6, 6.07) is 0. The number of alkyl halides is 1. The van der Waals surface area contributed by atoms with Crippen LogP contribution in [0.2, 0.25) is 0 Å². The van der Waals surface area contributed by atoms with Crippen LogP contribution in [0.5, 0.6) is 0 Å². The Hall–Kier alpha value is -1.11. The van der Waals surface area contributed by atoms with E-state index in [0.717, 1.165) is 36.7 Å². The number of hydrogen-bond donors (Lipinski definition) is 1. The largest absolute Gasteiger partial charge is 0.353 e. The number of aromatic nitrogens is 2. The van der Waals surface area contributed by atoms with Crippen molar-refractivity contribution in [1.82, 2.24) is 9.55 Å². The molecule has 0 amide bonds. The number of H-pyrrole nitrogens is 1. The first-order chi connectivity index (χ1) is 14.5. The van der Waals surface area contributed by atoms with Gasteiger partial charge in [0.25, 0.3) is 5.56 Å². The van der Waals surface area contributed by atoms with Crippen LogP contribution in [-0.4, -0.2) is 60.3 Å². The Morgan fingerprint density at radius 2 is 1.83 bits per heavy atom. The molecule has 3 fully saturated rings. The fraction of sp³-hybridized carbons (Fsp3) is 0.789. The minimum Gasteiger partial charge on any atom is -0.353 e. The Morgan fingerprint density at radius 3 is 2.50 bits per heavy atom. The van der Waals surface area contributed by atoms with E-state index in [9.17, 15) is 9.59 Å². The molecular weight excluding hydrogens is 467 g/mol. The molecule has 0 aromatic carbocycles. The molecule has 1 N–H and O–H groups in total. The van der Waals surface area contributed by atoms with Gasteiger partial charge in [0.1, 0.15) is 12.2 Å². The molecule has 0 aliphatic carbocycles. The van der Waals surface area contributed by atoms with E-state index in [1.807, 2.05) is 0 Å². The van der Waals surface area contributed by atoms with E-state index in [2.05, 4.69) is 20.9 Å². The minimum atomic E-state index is -1.66. The molecular formula is C19H26BrFN2O7. The molecule has 30 heavy (non-hydrogen) atoms. The third kappa shape index (κ3) is 5.03. The van der Waals surface area contributed by atoms with E-state index in [-0.39, 0.29) is 17.4 Å². The molecule has 11 heteroatoms. The normalized spacial score (nSPS) is 34.9. The summed E-state index contributed by atoms with van der Waals surface area (Å²) in [5.74, 6) is 0. The zero-order valence-corrected chi connectivity index (χ0v) is 18.1. The first kappa shape index (κ1) is 22.1. The zero-order valence-electron chi connectivity index (χ0n) is 16.5. The summed E-state index contributed by atoms with van der Waals surface area (Å²) in [5, 5.41) is 0. The molecule has 0 radical (unpaired) electrons. The molecule has 2 unspecified atom stereocenters. The van der Waals surface area contributed by atoms with E-state index < -0.39 is 42.1 Å². The zero-order chi connectivity index (χ0) is 21.1. The predicted octanol–water partition coefficient (Wildman–Crippen LogP) is 1.99. The van der Waals surface area contributed by atoms with Gasteiger partial charge in [-0.15, -0.1) is 0 Å². The number of ether oxygens (including phenoxy) is 5. The summed E-state index contributed by atoms with van der Waals surface area (Å²) in [6.07, 6.45) is 0.940. The Bertz CT molecular complexity index is 822. The van der Waals surface area contributed by atoms with Gasteiger partial charge in [0.15, 0.2) is 25.0 Å². The third-order valence-electron chi connectivity index (χ3n) is 5.50. The molecule has 9 nitrogen and oxygen atoms in total. The topological polar surface area (TPSA) is 101 Å². The van der Waals surface area contributed by atoms with Crippen LogP contribution in [-0.2, 0) is 23.7 Å². The van der Waals surface area contributed by atoms with Gasteiger partial charge in [0, 0.05) is 19.4 Å². The van der Waals surface area contributed by atoms with Crippen molar-refractivity contribution in [3.05, 3.63) is 31.5 Å². The molecule has 0 bridgehead atoms. The summed E-state index contributed by atoms with van der Waals surface area (Å²) < 4.78 is 45.3. The van der Waals surface area contributed by atoms with Gasteiger partial charge in [-0.2, -0.15) is 0 Å². The van der Waals surface area contributed by atoms with Crippen LogP contribution in [0.3, 0.4) is 0 Å². The van der Waals surface area contributed by atoms with Crippen LogP contribution in [0.15, 0.2) is 20.3 Å². The van der Waals surface area contributed by atoms with Crippen molar-refractivity contribution in [2.24, 2.45) is 0 Å². The molecule has 0 spiro atoms. The van der Waals surface area contributed by atoms with Crippen molar-refractivity contribution in [3.63, 3.8) is 0 Å². The van der Waals surface area contributed by atoms with Crippen LogP contribution in [0.25, 0.3) is 0 Å². The summed E-state index contributed by atoms with van der Waals surface area (Å²) in [5.41, 5.74) is -1.36. The highest BCUT2D eigenvalue weighted by atomic mass is 79.9. The fourth-order valence-corrected chi connectivity index (χ4v) is 4.22. The van der Waals surface area contributed by atoms with Crippen LogP contribution < -0.4 is 11.2 Å². The summed E-state index contributed by atoms with van der Waals surface area (Å²) >= 11 is 3.07. The van der Waals surface area contributed by atoms with Gasteiger partial charge in [-0.25, -0.2) is 9.18 Å². The smallest absolute Gasteiger partial charge is 0.330 e. The molecule has 168 valence electrons. The lowest BCUT2D eigenvalue weighted by atomic mass is 10.1. The Balaban J connectivity index is 1.51. The third-order valence-corrected chi connectivity index (χ3v) is 6.06. The number of aromatic amines is 1. The monoisotopic (exact) mass is 492 g/mol. The maximum Gasteiger partial charge on any atom is 0.330 e. The lowest BCUT2D eigenvalue weighted by molar-refractivity contribution is -0.220. The molecule has 3 aliphatic heterocycles. The summed E-state index contributed by atoms with van der Waals surface area (Å²) in [7, 11) is 0. The molecule has 4 heterocycles. The SMILES string of the molecule is O=c1[nH]c(=O)n([C@@H]2O[C@H](COC3CCCCO3)[C@@H](OC3CCCCO3)[C@H]2F)cc1Br. The fourth-order valence-electron chi connectivity index (χ4n) is 3.90. The molecule has 0 saturated carbocycles. The number of halogens is 2. The van der Waals surface area contributed by atoms with E-state index in [4.69, 9.17) is 23.7 Å². The highest BCUT2D eigenvalue weighted by Crippen LogP contribution is 2.35. The first-order valence-corrected chi connectivity index (χ1v) is 11.1. The van der Waals surface area contributed by atoms with Crippen molar-refractivity contribution < 1.29 is 28.1 Å². The maximum absolute atomic E-state index is 15.5. The number of rotatable bonds is 6. The first-order valence-electron chi connectivity index (χ1n) is 10.3. The van der Waals surface area contributed by atoms with Gasteiger partial charge >= 0.3 is 5.69 Å². The van der Waals surface area contributed by atoms with Gasteiger partial charge in [-0.05, 0) is 54.5 Å². The molecule has 3 aliphatic rings. The average molecular weight is 493 g/mol. The highest BCUT2D eigenvalue weighted by molar-refractivity contribution is 9.10. The molecule has 6 atom stereocenters. The Kier molecular flexibility index (Phi) is 7.37. The van der Waals surface area contributed by atoms with Gasteiger partial charge in [0.2, 0.25) is 0 Å². The second kappa shape index (κ2) is 10.0. The van der Waals surface area contributed by atoms with E-state index in [0.29, 0.717) is 19.6 Å². The minimum absolute atomic E-state index is 0.0538. The maximum atomic E-state index is 15.5. The molecule has 4 rings (SSSR count). The van der Waals surface area contributed by atoms with E-state index in [1.54, 1.807) is 0 Å². The molecule has 3 saturated heterocycles. The molecule has 1 aromatic rings. The van der Waals surface area contributed by atoms with Crippen LogP contribution in [0.4, 0.5) is 4.39 Å². The van der Waals surface area contributed by atoms with Gasteiger partial charge < -0.3 is 23.7 Å². The van der Waals surface area contributed by atoms with Crippen molar-refractivity contribution in [3.8, 4) is 0 Å². The second-order valence-corrected chi connectivity index (χ2v) is 8.53. The van der Waals surface area contributed by atoms with E-state index in [1.165, 1.54) is 6.20 Å². The van der Waals surface area contributed by atoms with Crippen LogP contribution >= 0.6 is 15.9 Å². The summed E-state index contributed by atoms with van der Waals surface area (Å²) in [4.78, 5) is 26.0. The van der Waals surface area contributed by atoms with Gasteiger partial charge in [-0.3, -0.25) is 14.3 Å². The second-order valence-electron chi connectivity index (χ2n) is 7.68. The standard InChI is InChI=1S/C19H26BrFN2O7/c20-11-9-23(19(25)22-17(11)24)18-15(21)16(30-14-6-2-4-8-27-14)12(29-18)10-28-13-5-1-3-7-26-13/h9,12-16,18H,1-8,10H2,(H,22,24,25)/t12-,13?,14?,15-,16-,18-/m1/s1. The predicted molar refractivity (Wildman–Crippen MR) is 106 cm³/mol. The van der Waals surface area contributed by atoms with Crippen molar-refractivity contribution in [1.29, 1.82) is 0 Å². The molecule has 1 aromatic heterocycles.